The molecule has 3 aromatic carbocycles. The number of ether oxygens (including phenoxy) is 3. The Morgan fingerprint density at radius 1 is 0.816 bits per heavy atom. The van der Waals surface area contributed by atoms with E-state index in [0.717, 1.165) is 51.0 Å². The summed E-state index contributed by atoms with van der Waals surface area (Å²) in [6.45, 7) is 3.91. The van der Waals surface area contributed by atoms with Crippen LogP contribution in [-0.2, 0) is 24.3 Å². The zero-order chi connectivity index (χ0) is 26.0. The molecule has 3 aromatic rings. The molecule has 1 fully saturated rings. The summed E-state index contributed by atoms with van der Waals surface area (Å²) in [5.74, 6) is 2.25. The number of halogens is 1. The summed E-state index contributed by atoms with van der Waals surface area (Å²) in [4.78, 5) is 18.1. The van der Waals surface area contributed by atoms with Gasteiger partial charge in [0.05, 0.1) is 21.3 Å². The summed E-state index contributed by atoms with van der Waals surface area (Å²) >= 11 is 0. The number of carbonyl (C=O) groups is 1. The van der Waals surface area contributed by atoms with Crippen LogP contribution in [0.3, 0.4) is 0 Å². The van der Waals surface area contributed by atoms with Crippen molar-refractivity contribution in [2.45, 2.75) is 32.4 Å². The molecule has 0 aromatic heterocycles. The number of hydrogen-bond acceptors (Lipinski definition) is 5. The lowest BCUT2D eigenvalue weighted by Crippen LogP contribution is -2.42. The average molecular weight is 539 g/mol. The lowest BCUT2D eigenvalue weighted by atomic mass is 9.94. The molecule has 1 saturated heterocycles. The monoisotopic (exact) mass is 538 g/mol. The Balaban J connectivity index is 0.00000400. The fourth-order valence-electron chi connectivity index (χ4n) is 5.06. The van der Waals surface area contributed by atoms with E-state index < -0.39 is 0 Å². The normalized spacial score (nSPS) is 13.9. The van der Waals surface area contributed by atoms with E-state index in [2.05, 4.69) is 46.2 Å². The molecule has 1 heterocycles. The summed E-state index contributed by atoms with van der Waals surface area (Å²) in [5.41, 5.74) is 3.53. The van der Waals surface area contributed by atoms with Crippen molar-refractivity contribution in [3.8, 4) is 17.2 Å². The molecule has 4 rings (SSSR count). The van der Waals surface area contributed by atoms with Crippen LogP contribution in [0.2, 0.25) is 0 Å². The van der Waals surface area contributed by atoms with Gasteiger partial charge in [0.15, 0.2) is 11.5 Å². The first-order chi connectivity index (χ1) is 18.1. The first-order valence-corrected chi connectivity index (χ1v) is 13.0. The molecule has 0 aliphatic carbocycles. The smallest absolute Gasteiger partial charge is 0.226 e. The van der Waals surface area contributed by atoms with E-state index in [1.54, 1.807) is 21.3 Å². The first-order valence-electron chi connectivity index (χ1n) is 13.0. The summed E-state index contributed by atoms with van der Waals surface area (Å²) in [6.07, 6.45) is 2.58. The van der Waals surface area contributed by atoms with Crippen LogP contribution in [0.15, 0.2) is 72.8 Å². The minimum Gasteiger partial charge on any atom is -0.493 e. The number of rotatable bonds is 11. The van der Waals surface area contributed by atoms with Crippen molar-refractivity contribution >= 4 is 18.3 Å². The highest BCUT2D eigenvalue weighted by Gasteiger charge is 2.29. The molecule has 1 amide bonds. The molecule has 0 bridgehead atoms. The highest BCUT2D eigenvalue weighted by atomic mass is 35.5. The molecule has 0 radical (unpaired) electrons. The quantitative estimate of drug-likeness (QED) is 0.317. The highest BCUT2D eigenvalue weighted by Crippen LogP contribution is 2.38. The molecule has 7 heteroatoms. The standard InChI is InChI=1S/C31H38N2O4.ClH/c1-35-28-20-26(21-29(36-2)30(28)37-3)22-32-17-15-27(16-18-32)31(34)33(23-25-12-8-5-9-13-25)19-14-24-10-6-4-7-11-24;/h4-13,20-21,27H,14-19,22-23H2,1-3H3;1H. The molecule has 1 aliphatic rings. The van der Waals surface area contributed by atoms with Crippen molar-refractivity contribution in [3.63, 3.8) is 0 Å². The van der Waals surface area contributed by atoms with Crippen LogP contribution in [0.4, 0.5) is 0 Å². The average Bonchev–Trinajstić information content (AvgIpc) is 2.95. The summed E-state index contributed by atoms with van der Waals surface area (Å²) in [6, 6.07) is 24.7. The lowest BCUT2D eigenvalue weighted by molar-refractivity contribution is -0.137. The largest absolute Gasteiger partial charge is 0.493 e. The van der Waals surface area contributed by atoms with Gasteiger partial charge in [0, 0.05) is 25.6 Å². The maximum atomic E-state index is 13.7. The van der Waals surface area contributed by atoms with E-state index >= 15 is 0 Å². The molecular weight excluding hydrogens is 500 g/mol. The fourth-order valence-corrected chi connectivity index (χ4v) is 5.06. The third-order valence-corrected chi connectivity index (χ3v) is 7.11. The van der Waals surface area contributed by atoms with Gasteiger partial charge in [0.25, 0.3) is 0 Å². The van der Waals surface area contributed by atoms with Gasteiger partial charge in [0.1, 0.15) is 0 Å². The Bertz CT molecular complexity index is 1110. The molecule has 204 valence electrons. The van der Waals surface area contributed by atoms with Gasteiger partial charge in [-0.2, -0.15) is 0 Å². The summed E-state index contributed by atoms with van der Waals surface area (Å²) < 4.78 is 16.5. The lowest BCUT2D eigenvalue weighted by Gasteiger charge is -2.34. The van der Waals surface area contributed by atoms with E-state index in [-0.39, 0.29) is 24.2 Å². The van der Waals surface area contributed by atoms with Crippen LogP contribution in [0.1, 0.15) is 29.5 Å². The van der Waals surface area contributed by atoms with Gasteiger partial charge < -0.3 is 19.1 Å². The van der Waals surface area contributed by atoms with Crippen molar-refractivity contribution in [2.75, 3.05) is 41.0 Å². The first kappa shape index (κ1) is 29.3. The van der Waals surface area contributed by atoms with Gasteiger partial charge in [-0.15, -0.1) is 12.4 Å². The number of nitrogens with zero attached hydrogens (tertiary/aromatic N) is 2. The molecule has 6 nitrogen and oxygen atoms in total. The number of methoxy groups -OCH3 is 3. The second kappa shape index (κ2) is 14.6. The Morgan fingerprint density at radius 2 is 1.37 bits per heavy atom. The van der Waals surface area contributed by atoms with Crippen LogP contribution in [0, 0.1) is 5.92 Å². The highest BCUT2D eigenvalue weighted by molar-refractivity contribution is 5.85. The predicted octanol–water partition coefficient (Wildman–Crippen LogP) is 5.62. The Kier molecular flexibility index (Phi) is 11.3. The van der Waals surface area contributed by atoms with E-state index in [0.29, 0.717) is 23.8 Å². The van der Waals surface area contributed by atoms with Gasteiger partial charge in [0.2, 0.25) is 11.7 Å². The minimum absolute atomic E-state index is 0. The molecule has 0 spiro atoms. The third-order valence-electron chi connectivity index (χ3n) is 7.11. The van der Waals surface area contributed by atoms with Gasteiger partial charge in [-0.05, 0) is 61.2 Å². The van der Waals surface area contributed by atoms with Crippen molar-refractivity contribution in [1.82, 2.24) is 9.80 Å². The van der Waals surface area contributed by atoms with E-state index in [9.17, 15) is 4.79 Å². The molecule has 1 aliphatic heterocycles. The molecule has 0 atom stereocenters. The van der Waals surface area contributed by atoms with E-state index in [4.69, 9.17) is 14.2 Å². The Hall–Kier alpha value is -3.22. The van der Waals surface area contributed by atoms with Gasteiger partial charge in [-0.3, -0.25) is 9.69 Å². The zero-order valence-corrected chi connectivity index (χ0v) is 23.4. The molecule has 0 N–H and O–H groups in total. The Morgan fingerprint density at radius 3 is 1.89 bits per heavy atom. The molecule has 38 heavy (non-hydrogen) atoms. The maximum absolute atomic E-state index is 13.7. The SMILES string of the molecule is COc1cc(CN2CCC(C(=O)N(CCc3ccccc3)Cc3ccccc3)CC2)cc(OC)c1OC.Cl. The Labute approximate surface area is 232 Å². The van der Waals surface area contributed by atoms with E-state index in [1.165, 1.54) is 11.1 Å². The number of hydrogen-bond donors (Lipinski definition) is 0. The van der Waals surface area contributed by atoms with Crippen molar-refractivity contribution in [1.29, 1.82) is 0 Å². The van der Waals surface area contributed by atoms with Crippen molar-refractivity contribution in [2.24, 2.45) is 5.92 Å². The number of benzene rings is 3. The summed E-state index contributed by atoms with van der Waals surface area (Å²) in [5, 5.41) is 0. The van der Waals surface area contributed by atoms with Crippen LogP contribution in [0.5, 0.6) is 17.2 Å². The van der Waals surface area contributed by atoms with Crippen LogP contribution >= 0.6 is 12.4 Å². The van der Waals surface area contributed by atoms with Crippen LogP contribution < -0.4 is 14.2 Å². The number of carbonyl (C=O) groups excluding carboxylic acids is 1. The van der Waals surface area contributed by atoms with Gasteiger partial charge in [-0.1, -0.05) is 60.7 Å². The van der Waals surface area contributed by atoms with Crippen molar-refractivity contribution in [3.05, 3.63) is 89.5 Å². The zero-order valence-electron chi connectivity index (χ0n) is 22.6. The number of amides is 1. The second-order valence-corrected chi connectivity index (χ2v) is 9.56. The van der Waals surface area contributed by atoms with Crippen LogP contribution in [0.25, 0.3) is 0 Å². The van der Waals surface area contributed by atoms with Crippen LogP contribution in [-0.4, -0.2) is 56.7 Å². The maximum Gasteiger partial charge on any atom is 0.226 e. The topological polar surface area (TPSA) is 51.2 Å². The third kappa shape index (κ3) is 7.65. The number of likely N-dealkylation sites (tertiary alicyclic amines) is 1. The molecular formula is C31H39ClN2O4. The van der Waals surface area contributed by atoms with Crippen molar-refractivity contribution < 1.29 is 19.0 Å². The fraction of sp³-hybridized carbons (Fsp3) is 0.387. The van der Waals surface area contributed by atoms with E-state index in [1.807, 2.05) is 36.4 Å². The van der Waals surface area contributed by atoms with Gasteiger partial charge >= 0.3 is 0 Å². The minimum atomic E-state index is 0. The summed E-state index contributed by atoms with van der Waals surface area (Å²) in [7, 11) is 4.89. The molecule has 0 unspecified atom stereocenters. The number of piperidine rings is 1. The predicted molar refractivity (Wildman–Crippen MR) is 153 cm³/mol. The van der Waals surface area contributed by atoms with Gasteiger partial charge in [-0.25, -0.2) is 0 Å². The second-order valence-electron chi connectivity index (χ2n) is 9.56. The molecule has 0 saturated carbocycles.